The molecule has 1 amide bonds. The molecule has 0 N–H and O–H groups in total. The van der Waals surface area contributed by atoms with Crippen molar-refractivity contribution >= 4 is 11.6 Å². The van der Waals surface area contributed by atoms with Crippen molar-refractivity contribution in [1.82, 2.24) is 4.90 Å². The Hall–Kier alpha value is -2.37. The van der Waals surface area contributed by atoms with Crippen LogP contribution in [-0.4, -0.2) is 48.8 Å². The van der Waals surface area contributed by atoms with Gasteiger partial charge in [-0.05, 0) is 17.7 Å². The highest BCUT2D eigenvalue weighted by molar-refractivity contribution is 5.99. The van der Waals surface area contributed by atoms with Gasteiger partial charge in [0.2, 0.25) is 5.91 Å². The molecule has 0 spiro atoms. The molecule has 5 heteroatoms. The molecule has 26 heavy (non-hydrogen) atoms. The van der Waals surface area contributed by atoms with Crippen LogP contribution >= 0.6 is 0 Å². The summed E-state index contributed by atoms with van der Waals surface area (Å²) in [7, 11) is 0. The zero-order valence-electron chi connectivity index (χ0n) is 14.6. The van der Waals surface area contributed by atoms with E-state index in [2.05, 4.69) is 17.0 Å². The Labute approximate surface area is 153 Å². The first-order chi connectivity index (χ1) is 12.8. The molecule has 2 atom stereocenters. The zero-order chi connectivity index (χ0) is 17.5. The van der Waals surface area contributed by atoms with Crippen molar-refractivity contribution in [2.24, 2.45) is 0 Å². The van der Waals surface area contributed by atoms with E-state index in [0.29, 0.717) is 25.8 Å². The van der Waals surface area contributed by atoms with Gasteiger partial charge in [-0.1, -0.05) is 42.5 Å². The summed E-state index contributed by atoms with van der Waals surface area (Å²) in [5, 5.41) is 0. The third-order valence-electron chi connectivity index (χ3n) is 5.57. The molecule has 0 radical (unpaired) electrons. The summed E-state index contributed by atoms with van der Waals surface area (Å²) in [5.41, 5.74) is 1.98. The zero-order valence-corrected chi connectivity index (χ0v) is 14.6. The fraction of sp³-hybridized carbons (Fsp3) is 0.381. The van der Waals surface area contributed by atoms with Gasteiger partial charge in [-0.15, -0.1) is 0 Å². The van der Waals surface area contributed by atoms with E-state index in [1.165, 1.54) is 0 Å². The molecule has 0 aromatic heterocycles. The molecule has 134 valence electrons. The number of nitrogens with zero attached hydrogens (tertiary/aromatic N) is 2. The van der Waals surface area contributed by atoms with Crippen molar-refractivity contribution in [3.8, 4) is 5.75 Å². The van der Waals surface area contributed by atoms with Crippen LogP contribution in [0.2, 0.25) is 0 Å². The first-order valence-corrected chi connectivity index (χ1v) is 9.24. The van der Waals surface area contributed by atoms with Crippen LogP contribution < -0.4 is 9.64 Å². The third-order valence-corrected chi connectivity index (χ3v) is 5.57. The minimum atomic E-state index is -0.133. The first-order valence-electron chi connectivity index (χ1n) is 9.24. The fourth-order valence-electron chi connectivity index (χ4n) is 4.15. The van der Waals surface area contributed by atoms with E-state index in [1.807, 2.05) is 47.4 Å². The van der Waals surface area contributed by atoms with Crippen molar-refractivity contribution in [2.75, 3.05) is 24.7 Å². The number of rotatable bonds is 3. The van der Waals surface area contributed by atoms with Gasteiger partial charge in [0.1, 0.15) is 11.9 Å². The average molecular weight is 350 g/mol. The van der Waals surface area contributed by atoms with E-state index < -0.39 is 0 Å². The lowest BCUT2D eigenvalue weighted by molar-refractivity contribution is -0.128. The molecular formula is C21H22N2O3. The van der Waals surface area contributed by atoms with Crippen molar-refractivity contribution < 1.29 is 14.3 Å². The molecule has 3 aliphatic rings. The number of anilines is 1. The van der Waals surface area contributed by atoms with Crippen LogP contribution in [0.1, 0.15) is 12.0 Å². The van der Waals surface area contributed by atoms with Crippen LogP contribution in [0.5, 0.6) is 5.75 Å². The van der Waals surface area contributed by atoms with E-state index >= 15 is 0 Å². The number of hydrogen-bond donors (Lipinski definition) is 0. The number of amides is 1. The highest BCUT2D eigenvalue weighted by Gasteiger charge is 2.46. The number of benzene rings is 2. The molecule has 5 nitrogen and oxygen atoms in total. The maximum absolute atomic E-state index is 13.6. The Morgan fingerprint density at radius 1 is 1.00 bits per heavy atom. The van der Waals surface area contributed by atoms with Crippen molar-refractivity contribution in [2.45, 2.75) is 31.2 Å². The molecule has 2 fully saturated rings. The normalized spacial score (nSPS) is 25.8. The standard InChI is InChI=1S/C21H22N2O3/c24-21-19-10-17(12-22(19)16-13-25-14-16)26-20-9-5-4-8-18(20)23(21)11-15-6-2-1-3-7-15/h1-9,16-17,19H,10-14H2. The number of hydrogen-bond acceptors (Lipinski definition) is 4. The maximum Gasteiger partial charge on any atom is 0.244 e. The van der Waals surface area contributed by atoms with Crippen molar-refractivity contribution in [3.63, 3.8) is 0 Å². The summed E-state index contributed by atoms with van der Waals surface area (Å²) in [5.74, 6) is 0.964. The van der Waals surface area contributed by atoms with Gasteiger partial charge < -0.3 is 14.4 Å². The van der Waals surface area contributed by atoms with Crippen LogP contribution in [-0.2, 0) is 16.1 Å². The molecule has 2 saturated heterocycles. The van der Waals surface area contributed by atoms with Crippen LogP contribution in [0, 0.1) is 0 Å². The molecule has 0 saturated carbocycles. The van der Waals surface area contributed by atoms with E-state index in [9.17, 15) is 4.79 Å². The number of ether oxygens (including phenoxy) is 2. The average Bonchev–Trinajstić information content (AvgIpc) is 3.03. The highest BCUT2D eigenvalue weighted by atomic mass is 16.5. The molecule has 0 aliphatic carbocycles. The van der Waals surface area contributed by atoms with Crippen LogP contribution in [0.25, 0.3) is 0 Å². The molecule has 2 bridgehead atoms. The van der Waals surface area contributed by atoms with Crippen molar-refractivity contribution in [1.29, 1.82) is 0 Å². The summed E-state index contributed by atoms with van der Waals surface area (Å²) in [6.07, 6.45) is 0.805. The second-order valence-electron chi connectivity index (χ2n) is 7.26. The Morgan fingerprint density at radius 3 is 2.54 bits per heavy atom. The molecule has 2 aromatic carbocycles. The molecule has 3 heterocycles. The van der Waals surface area contributed by atoms with Crippen LogP contribution in [0.15, 0.2) is 54.6 Å². The molecule has 2 unspecified atom stereocenters. The van der Waals surface area contributed by atoms with Gasteiger partial charge in [-0.3, -0.25) is 9.69 Å². The van der Waals surface area contributed by atoms with Crippen molar-refractivity contribution in [3.05, 3.63) is 60.2 Å². The van der Waals surface area contributed by atoms with Crippen LogP contribution in [0.4, 0.5) is 5.69 Å². The van der Waals surface area contributed by atoms with E-state index in [-0.39, 0.29) is 18.1 Å². The van der Waals surface area contributed by atoms with Gasteiger partial charge >= 0.3 is 0 Å². The van der Waals surface area contributed by atoms with E-state index in [1.54, 1.807) is 0 Å². The molecule has 2 aromatic rings. The van der Waals surface area contributed by atoms with E-state index in [0.717, 1.165) is 30.0 Å². The Kier molecular flexibility index (Phi) is 3.91. The van der Waals surface area contributed by atoms with Crippen LogP contribution in [0.3, 0.4) is 0 Å². The second kappa shape index (κ2) is 6.41. The minimum Gasteiger partial charge on any atom is -0.487 e. The molecular weight excluding hydrogens is 328 g/mol. The third kappa shape index (κ3) is 2.68. The lowest BCUT2D eigenvalue weighted by Crippen LogP contribution is -2.55. The van der Waals surface area contributed by atoms with Gasteiger partial charge in [0, 0.05) is 13.0 Å². The summed E-state index contributed by atoms with van der Waals surface area (Å²) in [4.78, 5) is 17.8. The lowest BCUT2D eigenvalue weighted by atomic mass is 10.1. The number of fused-ring (bicyclic) bond motifs is 3. The molecule has 3 aliphatic heterocycles. The Balaban J connectivity index is 1.53. The monoisotopic (exact) mass is 350 g/mol. The van der Waals surface area contributed by atoms with Gasteiger partial charge in [-0.25, -0.2) is 0 Å². The van der Waals surface area contributed by atoms with E-state index in [4.69, 9.17) is 9.47 Å². The second-order valence-corrected chi connectivity index (χ2v) is 7.26. The lowest BCUT2D eigenvalue weighted by Gasteiger charge is -2.38. The Morgan fingerprint density at radius 2 is 1.77 bits per heavy atom. The first kappa shape index (κ1) is 15.9. The largest absolute Gasteiger partial charge is 0.487 e. The van der Waals surface area contributed by atoms with Gasteiger partial charge in [0.25, 0.3) is 0 Å². The predicted octanol–water partition coefficient (Wildman–Crippen LogP) is 2.45. The smallest absolute Gasteiger partial charge is 0.244 e. The summed E-state index contributed by atoms with van der Waals surface area (Å²) in [6, 6.07) is 18.2. The van der Waals surface area contributed by atoms with Gasteiger partial charge in [0.15, 0.2) is 0 Å². The fourth-order valence-corrected chi connectivity index (χ4v) is 4.15. The van der Waals surface area contributed by atoms with Gasteiger partial charge in [0.05, 0.1) is 37.5 Å². The number of likely N-dealkylation sites (tertiary alicyclic amines) is 1. The number of carbonyl (C=O) groups is 1. The summed E-state index contributed by atoms with van der Waals surface area (Å²) < 4.78 is 11.7. The minimum absolute atomic E-state index is 0.0598. The summed E-state index contributed by atoms with van der Waals surface area (Å²) in [6.45, 7) is 2.76. The topological polar surface area (TPSA) is 42.0 Å². The highest BCUT2D eigenvalue weighted by Crippen LogP contribution is 2.38. The predicted molar refractivity (Wildman–Crippen MR) is 98.2 cm³/mol. The number of carbonyl (C=O) groups excluding carboxylic acids is 1. The SMILES string of the molecule is O=C1C2CC(CN2C2COC2)Oc2ccccc2N1Cc1ccccc1. The van der Waals surface area contributed by atoms with Gasteiger partial charge in [-0.2, -0.15) is 0 Å². The quantitative estimate of drug-likeness (QED) is 0.853. The Bertz CT molecular complexity index is 806. The maximum atomic E-state index is 13.6. The number of para-hydroxylation sites is 2. The molecule has 5 rings (SSSR count). The summed E-state index contributed by atoms with van der Waals surface area (Å²) >= 11 is 0.